The Balaban J connectivity index is 0.000000504. The maximum Gasteiger partial charge on any atom is 0.336 e. The maximum absolute atomic E-state index is 12.9. The number of benzene rings is 2. The van der Waals surface area contributed by atoms with Crippen molar-refractivity contribution in [3.63, 3.8) is 0 Å². The Morgan fingerprint density at radius 1 is 0.679 bits per heavy atom. The van der Waals surface area contributed by atoms with Gasteiger partial charge in [-0.3, -0.25) is 0 Å². The minimum absolute atomic E-state index is 0. The van der Waals surface area contributed by atoms with Gasteiger partial charge < -0.3 is 10.2 Å². The number of halogens is 5. The molecule has 0 aliphatic heterocycles. The highest BCUT2D eigenvalue weighted by molar-refractivity contribution is 5.91. The minimum Gasteiger partial charge on any atom is -0.478 e. The molecule has 28 heavy (non-hydrogen) atoms. The van der Waals surface area contributed by atoms with E-state index in [9.17, 15) is 31.5 Å². The van der Waals surface area contributed by atoms with E-state index in [1.165, 1.54) is 13.8 Å². The Bertz CT molecular complexity index is 910. The van der Waals surface area contributed by atoms with Gasteiger partial charge in [-0.2, -0.15) is 0 Å². The lowest BCUT2D eigenvalue weighted by Gasteiger charge is -2.08. The van der Waals surface area contributed by atoms with Crippen LogP contribution in [0.2, 0.25) is 0 Å². The first-order chi connectivity index (χ1) is 12.3. The number of rotatable bonds is 2. The Kier molecular flexibility index (Phi) is 8.31. The molecule has 0 heterocycles. The van der Waals surface area contributed by atoms with Crippen LogP contribution in [0.1, 0.15) is 50.4 Å². The Morgan fingerprint density at radius 3 is 1.39 bits per heavy atom. The highest BCUT2D eigenvalue weighted by Crippen LogP contribution is 2.24. The smallest absolute Gasteiger partial charge is 0.336 e. The first-order valence-corrected chi connectivity index (χ1v) is 7.38. The molecular weight excluding hydrogens is 387 g/mol. The largest absolute Gasteiger partial charge is 0.478 e. The van der Waals surface area contributed by atoms with Gasteiger partial charge in [0.05, 0.1) is 11.1 Å². The average Bonchev–Trinajstić information content (AvgIpc) is 2.56. The second kappa shape index (κ2) is 9.29. The van der Waals surface area contributed by atoms with Crippen molar-refractivity contribution in [1.82, 2.24) is 0 Å². The third kappa shape index (κ3) is 4.65. The van der Waals surface area contributed by atoms with Crippen LogP contribution in [0.4, 0.5) is 22.0 Å². The van der Waals surface area contributed by atoms with Crippen LogP contribution >= 0.6 is 0 Å². The van der Waals surface area contributed by atoms with Gasteiger partial charge in [-0.05, 0) is 39.3 Å². The van der Waals surface area contributed by atoms with Crippen molar-refractivity contribution < 1.29 is 41.8 Å². The molecule has 2 aromatic rings. The second-order valence-electron chi connectivity index (χ2n) is 5.67. The summed E-state index contributed by atoms with van der Waals surface area (Å²) in [6.45, 7) is 4.86. The fourth-order valence-corrected chi connectivity index (χ4v) is 2.49. The lowest BCUT2D eigenvalue weighted by Crippen LogP contribution is -2.10. The molecule has 0 aromatic heterocycles. The molecule has 0 radical (unpaired) electrons. The van der Waals surface area contributed by atoms with Gasteiger partial charge in [0.25, 0.3) is 0 Å². The Morgan fingerprint density at radius 2 is 1.04 bits per heavy atom. The summed E-state index contributed by atoms with van der Waals surface area (Å²) < 4.78 is 64.2. The summed E-state index contributed by atoms with van der Waals surface area (Å²) in [4.78, 5) is 21.2. The van der Waals surface area contributed by atoms with Crippen molar-refractivity contribution in [2.45, 2.75) is 35.1 Å². The summed E-state index contributed by atoms with van der Waals surface area (Å²) >= 11 is 0. The molecule has 0 saturated carbocycles. The van der Waals surface area contributed by atoms with Gasteiger partial charge in [0.1, 0.15) is 0 Å². The van der Waals surface area contributed by atoms with Crippen LogP contribution in [0.25, 0.3) is 0 Å². The zero-order valence-electron chi connectivity index (χ0n) is 14.7. The molecular formula is C19H19F5O4. The molecule has 0 spiro atoms. The molecule has 4 nitrogen and oxygen atoms in total. The van der Waals surface area contributed by atoms with Crippen molar-refractivity contribution in [3.05, 3.63) is 68.5 Å². The lowest BCUT2D eigenvalue weighted by molar-refractivity contribution is 0.0683. The van der Waals surface area contributed by atoms with Gasteiger partial charge in [0, 0.05) is 16.7 Å². The van der Waals surface area contributed by atoms with Gasteiger partial charge in [0.2, 0.25) is 0 Å². The Hall–Kier alpha value is -2.97. The lowest BCUT2D eigenvalue weighted by atomic mass is 10.0. The number of hydrogen-bond acceptors (Lipinski definition) is 2. The van der Waals surface area contributed by atoms with Crippen molar-refractivity contribution in [1.29, 1.82) is 0 Å². The number of carbonyl (C=O) groups is 2. The average molecular weight is 406 g/mol. The topological polar surface area (TPSA) is 74.6 Å². The molecule has 0 aliphatic carbocycles. The third-order valence-electron chi connectivity index (χ3n) is 3.87. The summed E-state index contributed by atoms with van der Waals surface area (Å²) in [7, 11) is 0. The first-order valence-electron chi connectivity index (χ1n) is 7.38. The fourth-order valence-electron chi connectivity index (χ4n) is 2.49. The van der Waals surface area contributed by atoms with Gasteiger partial charge in [-0.15, -0.1) is 0 Å². The number of aromatic carboxylic acids is 2. The highest BCUT2D eigenvalue weighted by atomic mass is 19.2. The van der Waals surface area contributed by atoms with E-state index in [-0.39, 0.29) is 24.1 Å². The highest BCUT2D eigenvalue weighted by Gasteiger charge is 2.23. The second-order valence-corrected chi connectivity index (χ2v) is 5.67. The van der Waals surface area contributed by atoms with Gasteiger partial charge in [-0.25, -0.2) is 31.5 Å². The molecule has 2 N–H and O–H groups in total. The summed E-state index contributed by atoms with van der Waals surface area (Å²) in [5.74, 6) is -9.37. The van der Waals surface area contributed by atoms with Crippen LogP contribution in [0.3, 0.4) is 0 Å². The number of hydrogen-bond donors (Lipinski definition) is 2. The predicted octanol–water partition coefficient (Wildman–Crippen LogP) is 5.33. The van der Waals surface area contributed by atoms with Crippen molar-refractivity contribution >= 4 is 11.9 Å². The number of carboxylic acid groups (broad SMARTS) is 2. The molecule has 0 atom stereocenters. The van der Waals surface area contributed by atoms with Gasteiger partial charge in [-0.1, -0.05) is 7.43 Å². The molecule has 0 unspecified atom stereocenters. The van der Waals surface area contributed by atoms with E-state index in [1.54, 1.807) is 0 Å². The van der Waals surface area contributed by atoms with Crippen molar-refractivity contribution in [2.75, 3.05) is 0 Å². The normalized spacial score (nSPS) is 9.89. The van der Waals surface area contributed by atoms with Crippen LogP contribution in [0.5, 0.6) is 0 Å². The van der Waals surface area contributed by atoms with Crippen molar-refractivity contribution in [2.24, 2.45) is 0 Å². The molecule has 2 rings (SSSR count). The molecule has 9 heteroatoms. The van der Waals surface area contributed by atoms with Crippen molar-refractivity contribution in [3.8, 4) is 0 Å². The van der Waals surface area contributed by atoms with E-state index in [0.29, 0.717) is 0 Å². The maximum atomic E-state index is 12.9. The minimum atomic E-state index is -1.63. The van der Waals surface area contributed by atoms with E-state index < -0.39 is 57.7 Å². The monoisotopic (exact) mass is 406 g/mol. The van der Waals surface area contributed by atoms with E-state index >= 15 is 0 Å². The summed E-state index contributed by atoms with van der Waals surface area (Å²) in [6.07, 6.45) is 0. The van der Waals surface area contributed by atoms with E-state index in [4.69, 9.17) is 10.2 Å². The standard InChI is InChI=1S/C9H7F3O2.C9H8F2O2.CH4/c1-3-5(9(13)14)4(2)7(11)8(12)6(3)10;1-4-3-6(10)8(11)5(2)7(4)9(12)13;/h1-2H3,(H,13,14);3H,1-2H3,(H,12,13);1H4. The molecule has 154 valence electrons. The summed E-state index contributed by atoms with van der Waals surface area (Å²) in [6, 6.07) is 0.881. The van der Waals surface area contributed by atoms with E-state index in [0.717, 1.165) is 19.9 Å². The van der Waals surface area contributed by atoms with E-state index in [2.05, 4.69) is 0 Å². The fraction of sp³-hybridized carbons (Fsp3) is 0.263. The van der Waals surface area contributed by atoms with Crippen LogP contribution in [-0.2, 0) is 0 Å². The first kappa shape index (κ1) is 25.0. The summed E-state index contributed by atoms with van der Waals surface area (Å²) in [5.41, 5.74) is -1.42. The SMILES string of the molecule is C.Cc1c(F)c(F)c(F)c(C)c1C(=O)O.Cc1cc(F)c(F)c(C)c1C(=O)O. The summed E-state index contributed by atoms with van der Waals surface area (Å²) in [5, 5.41) is 17.3. The van der Waals surface area contributed by atoms with Crippen LogP contribution in [-0.4, -0.2) is 22.2 Å². The predicted molar refractivity (Wildman–Crippen MR) is 92.3 cm³/mol. The number of aryl methyl sites for hydroxylation is 1. The van der Waals surface area contributed by atoms with E-state index in [1.807, 2.05) is 0 Å². The molecule has 0 aliphatic rings. The van der Waals surface area contributed by atoms with Crippen LogP contribution in [0.15, 0.2) is 6.07 Å². The van der Waals surface area contributed by atoms with Crippen LogP contribution < -0.4 is 0 Å². The number of carboxylic acids is 2. The zero-order chi connectivity index (χ0) is 21.2. The van der Waals surface area contributed by atoms with Gasteiger partial charge in [0.15, 0.2) is 29.1 Å². The quantitative estimate of drug-likeness (QED) is 0.522. The zero-order valence-corrected chi connectivity index (χ0v) is 14.7. The molecule has 0 amide bonds. The molecule has 0 saturated heterocycles. The third-order valence-corrected chi connectivity index (χ3v) is 3.87. The Labute approximate surface area is 158 Å². The van der Waals surface area contributed by atoms with Gasteiger partial charge >= 0.3 is 11.9 Å². The molecule has 2 aromatic carbocycles. The molecule has 0 bridgehead atoms. The van der Waals surface area contributed by atoms with Crippen LogP contribution in [0, 0.1) is 56.8 Å². The molecule has 0 fully saturated rings.